The third kappa shape index (κ3) is 6.98. The Morgan fingerprint density at radius 2 is 2.03 bits per heavy atom. The number of carbonyl (C=O) groups is 1. The first kappa shape index (κ1) is 28.2. The van der Waals surface area contributed by atoms with Gasteiger partial charge in [-0.15, -0.1) is 11.8 Å². The van der Waals surface area contributed by atoms with Gasteiger partial charge < -0.3 is 25.0 Å². The van der Waals surface area contributed by atoms with E-state index in [-0.39, 0.29) is 18.1 Å². The van der Waals surface area contributed by atoms with Crippen molar-refractivity contribution in [2.45, 2.75) is 56.1 Å². The van der Waals surface area contributed by atoms with Crippen molar-refractivity contribution in [3.05, 3.63) is 67.1 Å². The normalized spacial score (nSPS) is 23.8. The Hall–Kier alpha value is -2.82. The van der Waals surface area contributed by atoms with E-state index in [9.17, 15) is 14.5 Å². The Labute approximate surface area is 226 Å². The highest BCUT2D eigenvalue weighted by molar-refractivity contribution is 8.00. The molecule has 0 amide bonds. The molecular weight excluding hydrogens is 527 g/mol. The van der Waals surface area contributed by atoms with Crippen molar-refractivity contribution >= 4 is 42.1 Å². The van der Waals surface area contributed by atoms with Crippen LogP contribution >= 0.6 is 19.5 Å². The fourth-order valence-electron chi connectivity index (χ4n) is 4.03. The zero-order chi connectivity index (χ0) is 27.4. The molecule has 2 aliphatic heterocycles. The molecule has 10 nitrogen and oxygen atoms in total. The minimum absolute atomic E-state index is 0.0957. The number of aliphatic hydroxyl groups excluding tert-OH is 1. The highest BCUT2D eigenvalue weighted by Crippen LogP contribution is 2.48. The maximum absolute atomic E-state index is 13.9. The van der Waals surface area contributed by atoms with Crippen LogP contribution in [0.5, 0.6) is 5.75 Å². The van der Waals surface area contributed by atoms with Gasteiger partial charge >= 0.3 is 13.7 Å². The van der Waals surface area contributed by atoms with Gasteiger partial charge in [-0.2, -0.15) is 5.09 Å². The molecule has 2 heterocycles. The van der Waals surface area contributed by atoms with Gasteiger partial charge in [0.1, 0.15) is 23.4 Å². The van der Waals surface area contributed by atoms with Crippen LogP contribution in [0.3, 0.4) is 0 Å². The van der Waals surface area contributed by atoms with Crippen LogP contribution < -0.4 is 15.3 Å². The zero-order valence-corrected chi connectivity index (χ0v) is 23.2. The van der Waals surface area contributed by atoms with Crippen LogP contribution in [0, 0.1) is 0 Å². The van der Waals surface area contributed by atoms with Crippen LogP contribution in [0.1, 0.15) is 27.2 Å². The summed E-state index contributed by atoms with van der Waals surface area (Å²) in [4.78, 5) is 18.4. The number of nitrogens with one attached hydrogen (secondary N) is 1. The molecule has 2 aromatic carbocycles. The fraction of sp³-hybridized carbons (Fsp3) is 0.385. The standard InChI is InChI=1S/C26H33N4O6PS/c1-16(2)35-26(32)17(3)29-37(33,36-21-10-9-19-7-5-6-8-20(19)13-21)34-15-23-22(31)14-25(38-23)30-12-11-24(27)28-18(30)4/h5-13,16-17,22-23,25,31H,4,14-15H2,1-3H3,(H2,27,28)(H,29,33)/t17-,22+,23+,25+,37?/m0/s1. The number of aliphatic imine (C=N–C) groups is 1. The van der Waals surface area contributed by atoms with Crippen LogP contribution in [0.4, 0.5) is 0 Å². The average Bonchev–Trinajstić information content (AvgIpc) is 3.22. The number of benzene rings is 2. The van der Waals surface area contributed by atoms with E-state index < -0.39 is 31.1 Å². The van der Waals surface area contributed by atoms with E-state index in [0.29, 0.717) is 23.8 Å². The Morgan fingerprint density at radius 3 is 2.74 bits per heavy atom. The summed E-state index contributed by atoms with van der Waals surface area (Å²) in [6.07, 6.45) is 2.77. The number of amidine groups is 1. The van der Waals surface area contributed by atoms with Gasteiger partial charge in [0.2, 0.25) is 0 Å². The molecule has 38 heavy (non-hydrogen) atoms. The maximum Gasteiger partial charge on any atom is 0.459 e. The first-order valence-corrected chi connectivity index (χ1v) is 14.8. The third-order valence-corrected chi connectivity index (χ3v) is 9.07. The van der Waals surface area contributed by atoms with Crippen molar-refractivity contribution in [3.63, 3.8) is 0 Å². The molecule has 0 spiro atoms. The molecule has 12 heteroatoms. The number of hydrogen-bond donors (Lipinski definition) is 3. The number of carbonyl (C=O) groups excluding carboxylic acids is 1. The topological polar surface area (TPSA) is 136 Å². The first-order chi connectivity index (χ1) is 18.0. The highest BCUT2D eigenvalue weighted by Gasteiger charge is 2.40. The summed E-state index contributed by atoms with van der Waals surface area (Å²) in [7, 11) is -4.08. The van der Waals surface area contributed by atoms with Gasteiger partial charge in [0.15, 0.2) is 0 Å². The van der Waals surface area contributed by atoms with Crippen LogP contribution in [-0.2, 0) is 18.6 Å². The highest BCUT2D eigenvalue weighted by atomic mass is 32.2. The summed E-state index contributed by atoms with van der Waals surface area (Å²) in [5, 5.41) is 14.7. The number of aliphatic hydroxyl groups is 1. The number of rotatable bonds is 10. The second-order valence-corrected chi connectivity index (χ2v) is 12.5. The third-order valence-electron chi connectivity index (χ3n) is 5.89. The second-order valence-electron chi connectivity index (χ2n) is 9.34. The Bertz CT molecular complexity index is 1300. The molecule has 0 bridgehead atoms. The lowest BCUT2D eigenvalue weighted by Crippen LogP contribution is -2.37. The van der Waals surface area contributed by atoms with Gasteiger partial charge in [0, 0.05) is 12.6 Å². The summed E-state index contributed by atoms with van der Waals surface area (Å²) in [6, 6.07) is 12.0. The fourth-order valence-corrected chi connectivity index (χ4v) is 7.12. The predicted molar refractivity (Wildman–Crippen MR) is 149 cm³/mol. The molecule has 5 atom stereocenters. The zero-order valence-electron chi connectivity index (χ0n) is 21.5. The van der Waals surface area contributed by atoms with Gasteiger partial charge in [-0.25, -0.2) is 9.56 Å². The Balaban J connectivity index is 1.48. The summed E-state index contributed by atoms with van der Waals surface area (Å²) in [6.45, 7) is 8.82. The van der Waals surface area contributed by atoms with E-state index in [1.807, 2.05) is 35.2 Å². The SMILES string of the molecule is C=C1N=C(N)C=CN1[C@H]1C[C@@H](O)[C@@H](COP(=O)(N[C@@H](C)C(=O)OC(C)C)Oc2ccc3ccccc3c2)S1. The quantitative estimate of drug-likeness (QED) is 0.288. The van der Waals surface area contributed by atoms with E-state index >= 15 is 0 Å². The van der Waals surface area contributed by atoms with E-state index in [2.05, 4.69) is 16.7 Å². The molecule has 4 rings (SSSR count). The number of esters is 1. The number of hydrogen-bond acceptors (Lipinski definition) is 10. The average molecular weight is 561 g/mol. The molecule has 204 valence electrons. The van der Waals surface area contributed by atoms with Gasteiger partial charge in [0.05, 0.1) is 29.4 Å². The summed E-state index contributed by atoms with van der Waals surface area (Å²) in [5.41, 5.74) is 5.73. The Morgan fingerprint density at radius 1 is 1.29 bits per heavy atom. The molecule has 1 fully saturated rings. The lowest BCUT2D eigenvalue weighted by Gasteiger charge is -2.28. The van der Waals surface area contributed by atoms with Gasteiger partial charge in [-0.3, -0.25) is 9.32 Å². The van der Waals surface area contributed by atoms with Gasteiger partial charge in [-0.1, -0.05) is 36.9 Å². The second kappa shape index (κ2) is 11.9. The minimum atomic E-state index is -4.08. The number of nitrogens with zero attached hydrogens (tertiary/aromatic N) is 2. The molecule has 0 aliphatic carbocycles. The van der Waals surface area contributed by atoms with Crippen molar-refractivity contribution < 1.29 is 28.3 Å². The Kier molecular flexibility index (Phi) is 8.85. The van der Waals surface area contributed by atoms with Crippen molar-refractivity contribution in [1.29, 1.82) is 0 Å². The minimum Gasteiger partial charge on any atom is -0.462 e. The van der Waals surface area contributed by atoms with Crippen LogP contribution in [0.25, 0.3) is 10.8 Å². The molecule has 4 N–H and O–H groups in total. The predicted octanol–water partition coefficient (Wildman–Crippen LogP) is 4.12. The van der Waals surface area contributed by atoms with Crippen molar-refractivity contribution in [2.24, 2.45) is 10.7 Å². The largest absolute Gasteiger partial charge is 0.462 e. The summed E-state index contributed by atoms with van der Waals surface area (Å²) < 4.78 is 30.9. The molecule has 0 saturated carbocycles. The van der Waals surface area contributed by atoms with Gasteiger partial charge in [0.25, 0.3) is 0 Å². The number of nitrogens with two attached hydrogens (primary N) is 1. The van der Waals surface area contributed by atoms with Crippen LogP contribution in [-0.4, -0.2) is 57.3 Å². The number of fused-ring (bicyclic) bond motifs is 1. The van der Waals surface area contributed by atoms with Crippen molar-refractivity contribution in [3.8, 4) is 5.75 Å². The molecule has 0 aromatic heterocycles. The number of ether oxygens (including phenoxy) is 1. The summed E-state index contributed by atoms with van der Waals surface area (Å²) >= 11 is 1.45. The first-order valence-electron chi connectivity index (χ1n) is 12.3. The van der Waals surface area contributed by atoms with Crippen LogP contribution in [0.15, 0.2) is 72.1 Å². The molecule has 2 aromatic rings. The summed E-state index contributed by atoms with van der Waals surface area (Å²) in [5.74, 6) is 0.557. The molecule has 1 unspecified atom stereocenters. The van der Waals surface area contributed by atoms with Gasteiger partial charge in [-0.05, 0) is 49.8 Å². The van der Waals surface area contributed by atoms with Crippen LogP contribution in [0.2, 0.25) is 0 Å². The van der Waals surface area contributed by atoms with Crippen molar-refractivity contribution in [1.82, 2.24) is 9.99 Å². The lowest BCUT2D eigenvalue weighted by atomic mass is 10.1. The van der Waals surface area contributed by atoms with Crippen molar-refractivity contribution in [2.75, 3.05) is 6.61 Å². The van der Waals surface area contributed by atoms with E-state index in [1.54, 1.807) is 38.3 Å². The van der Waals surface area contributed by atoms with E-state index in [1.165, 1.54) is 18.7 Å². The number of thioether (sulfide) groups is 1. The lowest BCUT2D eigenvalue weighted by molar-refractivity contribution is -0.149. The smallest absolute Gasteiger partial charge is 0.459 e. The van der Waals surface area contributed by atoms with E-state index in [4.69, 9.17) is 19.5 Å². The molecular formula is C26H33N4O6PS. The van der Waals surface area contributed by atoms with E-state index in [0.717, 1.165) is 10.8 Å². The molecule has 1 saturated heterocycles. The molecule has 2 aliphatic rings. The maximum atomic E-state index is 13.9. The molecule has 0 radical (unpaired) electrons. The monoisotopic (exact) mass is 560 g/mol.